The molecule has 1 aromatic carbocycles. The molecule has 1 amide bonds. The van der Waals surface area contributed by atoms with Crippen molar-refractivity contribution in [2.75, 3.05) is 6.61 Å². The molecule has 0 aliphatic carbocycles. The van der Waals surface area contributed by atoms with E-state index in [4.69, 9.17) is 4.74 Å². The van der Waals surface area contributed by atoms with Crippen molar-refractivity contribution in [2.24, 2.45) is 0 Å². The molecule has 0 spiro atoms. The van der Waals surface area contributed by atoms with Gasteiger partial charge in [-0.15, -0.1) is 0 Å². The van der Waals surface area contributed by atoms with Crippen molar-refractivity contribution in [1.29, 1.82) is 0 Å². The number of imidazole rings is 1. The first-order chi connectivity index (χ1) is 11.3. The number of nitrogens with zero attached hydrogens (tertiary/aromatic N) is 3. The molecule has 1 N–H and O–H groups in total. The molecule has 0 saturated carbocycles. The van der Waals surface area contributed by atoms with E-state index >= 15 is 0 Å². The van der Waals surface area contributed by atoms with Gasteiger partial charge in [0.25, 0.3) is 5.91 Å². The lowest BCUT2D eigenvalue weighted by Crippen LogP contribution is -2.28. The van der Waals surface area contributed by atoms with Crippen LogP contribution in [0.4, 0.5) is 0 Å². The van der Waals surface area contributed by atoms with Gasteiger partial charge in [0.2, 0.25) is 0 Å². The summed E-state index contributed by atoms with van der Waals surface area (Å²) in [6.45, 7) is 0.402. The third-order valence-corrected chi connectivity index (χ3v) is 3.18. The topological polar surface area (TPSA) is 69.0 Å². The van der Waals surface area contributed by atoms with Crippen molar-refractivity contribution < 1.29 is 9.53 Å². The maximum absolute atomic E-state index is 11.8. The van der Waals surface area contributed by atoms with Crippen LogP contribution in [0.15, 0.2) is 67.4 Å². The Kier molecular flexibility index (Phi) is 4.63. The fourth-order valence-corrected chi connectivity index (χ4v) is 1.99. The van der Waals surface area contributed by atoms with Crippen LogP contribution in [0, 0.1) is 0 Å². The molecule has 0 fully saturated rings. The molecule has 6 nitrogen and oxygen atoms in total. The number of rotatable bonds is 6. The van der Waals surface area contributed by atoms with Crippen molar-refractivity contribution in [2.45, 2.75) is 6.54 Å². The molecular weight excluding hydrogens is 292 g/mol. The highest BCUT2D eigenvalue weighted by molar-refractivity contribution is 5.77. The van der Waals surface area contributed by atoms with Gasteiger partial charge in [-0.25, -0.2) is 9.97 Å². The van der Waals surface area contributed by atoms with E-state index in [1.54, 1.807) is 18.7 Å². The molecule has 116 valence electrons. The fourth-order valence-electron chi connectivity index (χ4n) is 1.99. The summed E-state index contributed by atoms with van der Waals surface area (Å²) in [5.74, 6) is 1.28. The van der Waals surface area contributed by atoms with Crippen LogP contribution in [0.25, 0.3) is 5.82 Å². The second kappa shape index (κ2) is 7.22. The number of benzene rings is 1. The fraction of sp³-hybridized carbons (Fsp3) is 0.118. The predicted octanol–water partition coefficient (Wildman–Crippen LogP) is 1.96. The van der Waals surface area contributed by atoms with Crippen molar-refractivity contribution >= 4 is 5.91 Å². The second-order valence-corrected chi connectivity index (χ2v) is 4.87. The smallest absolute Gasteiger partial charge is 0.258 e. The maximum atomic E-state index is 11.8. The first-order valence-corrected chi connectivity index (χ1v) is 7.19. The van der Waals surface area contributed by atoms with E-state index in [-0.39, 0.29) is 12.5 Å². The minimum absolute atomic E-state index is 0.00936. The normalized spacial score (nSPS) is 10.3. The SMILES string of the molecule is O=C(COc1ccccc1)NCc1ccc(-n2ccnc2)nc1. The summed E-state index contributed by atoms with van der Waals surface area (Å²) in [7, 11) is 0. The largest absolute Gasteiger partial charge is 0.484 e. The van der Waals surface area contributed by atoms with E-state index in [0.717, 1.165) is 11.4 Å². The van der Waals surface area contributed by atoms with Crippen molar-refractivity contribution in [3.63, 3.8) is 0 Å². The highest BCUT2D eigenvalue weighted by Crippen LogP contribution is 2.08. The molecule has 3 rings (SSSR count). The number of carbonyl (C=O) groups excluding carboxylic acids is 1. The lowest BCUT2D eigenvalue weighted by atomic mass is 10.3. The summed E-state index contributed by atoms with van der Waals surface area (Å²) in [4.78, 5) is 20.1. The summed E-state index contributed by atoms with van der Waals surface area (Å²) in [6, 6.07) is 13.0. The van der Waals surface area contributed by atoms with Gasteiger partial charge in [0.05, 0.1) is 0 Å². The summed E-state index contributed by atoms with van der Waals surface area (Å²) in [5.41, 5.74) is 0.918. The maximum Gasteiger partial charge on any atom is 0.258 e. The number of hydrogen-bond acceptors (Lipinski definition) is 4. The number of carbonyl (C=O) groups is 1. The summed E-state index contributed by atoms with van der Waals surface area (Å²) >= 11 is 0. The van der Waals surface area contributed by atoms with Gasteiger partial charge in [0, 0.05) is 25.1 Å². The molecule has 2 heterocycles. The summed E-state index contributed by atoms with van der Waals surface area (Å²) in [5, 5.41) is 2.80. The van der Waals surface area contributed by atoms with Gasteiger partial charge in [0.15, 0.2) is 6.61 Å². The summed E-state index contributed by atoms with van der Waals surface area (Å²) in [6.07, 6.45) is 6.94. The van der Waals surface area contributed by atoms with Gasteiger partial charge in [-0.05, 0) is 23.8 Å². The molecule has 0 saturated heterocycles. The molecule has 23 heavy (non-hydrogen) atoms. The lowest BCUT2D eigenvalue weighted by molar-refractivity contribution is -0.123. The molecule has 0 atom stereocenters. The van der Waals surface area contributed by atoms with Crippen LogP contribution in [0.5, 0.6) is 5.75 Å². The number of pyridine rings is 1. The average molecular weight is 308 g/mol. The Morgan fingerprint density at radius 1 is 1.17 bits per heavy atom. The van der Waals surface area contributed by atoms with Crippen LogP contribution in [0.1, 0.15) is 5.56 Å². The first kappa shape index (κ1) is 14.8. The van der Waals surface area contributed by atoms with Crippen molar-refractivity contribution in [1.82, 2.24) is 19.9 Å². The van der Waals surface area contributed by atoms with Crippen molar-refractivity contribution in [3.05, 3.63) is 72.9 Å². The van der Waals surface area contributed by atoms with Gasteiger partial charge in [-0.2, -0.15) is 0 Å². The standard InChI is InChI=1S/C17H16N4O2/c22-17(12-23-15-4-2-1-3-5-15)20-11-14-6-7-16(19-10-14)21-9-8-18-13-21/h1-10,13H,11-12H2,(H,20,22). The molecule has 0 unspecified atom stereocenters. The van der Waals surface area contributed by atoms with E-state index in [1.807, 2.05) is 53.2 Å². The first-order valence-electron chi connectivity index (χ1n) is 7.19. The second-order valence-electron chi connectivity index (χ2n) is 4.87. The zero-order valence-corrected chi connectivity index (χ0v) is 12.4. The zero-order chi connectivity index (χ0) is 15.9. The van der Waals surface area contributed by atoms with Gasteiger partial charge >= 0.3 is 0 Å². The van der Waals surface area contributed by atoms with Gasteiger partial charge in [-0.1, -0.05) is 24.3 Å². The van der Waals surface area contributed by atoms with Crippen LogP contribution < -0.4 is 10.1 Å². The molecule has 0 radical (unpaired) electrons. The number of hydrogen-bond donors (Lipinski definition) is 1. The number of para-hydroxylation sites is 1. The van der Waals surface area contributed by atoms with Crippen molar-refractivity contribution in [3.8, 4) is 11.6 Å². The third kappa shape index (κ3) is 4.16. The van der Waals surface area contributed by atoms with E-state index in [1.165, 1.54) is 0 Å². The van der Waals surface area contributed by atoms with Gasteiger partial charge < -0.3 is 10.1 Å². The average Bonchev–Trinajstić information content (AvgIpc) is 3.14. The molecule has 0 bridgehead atoms. The molecule has 6 heteroatoms. The van der Waals surface area contributed by atoms with Crippen LogP contribution in [-0.4, -0.2) is 27.0 Å². The van der Waals surface area contributed by atoms with E-state index in [9.17, 15) is 4.79 Å². The Balaban J connectivity index is 1.47. The predicted molar refractivity (Wildman–Crippen MR) is 85.1 cm³/mol. The Bertz CT molecular complexity index is 740. The van der Waals surface area contributed by atoms with Crippen LogP contribution in [0.3, 0.4) is 0 Å². The number of aromatic nitrogens is 3. The highest BCUT2D eigenvalue weighted by Gasteiger charge is 2.03. The Morgan fingerprint density at radius 3 is 2.74 bits per heavy atom. The summed E-state index contributed by atoms with van der Waals surface area (Å²) < 4.78 is 7.20. The quantitative estimate of drug-likeness (QED) is 0.756. The lowest BCUT2D eigenvalue weighted by Gasteiger charge is -2.08. The minimum atomic E-state index is -0.174. The van der Waals surface area contributed by atoms with E-state index in [2.05, 4.69) is 15.3 Å². The molecule has 0 aliphatic heterocycles. The molecular formula is C17H16N4O2. The third-order valence-electron chi connectivity index (χ3n) is 3.18. The van der Waals surface area contributed by atoms with E-state index in [0.29, 0.717) is 12.3 Å². The van der Waals surface area contributed by atoms with E-state index < -0.39 is 0 Å². The Labute approximate surface area is 133 Å². The number of ether oxygens (including phenoxy) is 1. The zero-order valence-electron chi connectivity index (χ0n) is 12.4. The highest BCUT2D eigenvalue weighted by atomic mass is 16.5. The number of amides is 1. The number of nitrogens with one attached hydrogen (secondary N) is 1. The molecule has 2 aromatic heterocycles. The Morgan fingerprint density at radius 2 is 2.04 bits per heavy atom. The van der Waals surface area contributed by atoms with Gasteiger partial charge in [-0.3, -0.25) is 9.36 Å². The Hall–Kier alpha value is -3.15. The van der Waals surface area contributed by atoms with Gasteiger partial charge in [0.1, 0.15) is 17.9 Å². The molecule has 0 aliphatic rings. The minimum Gasteiger partial charge on any atom is -0.484 e. The van der Waals surface area contributed by atoms with Crippen LogP contribution in [-0.2, 0) is 11.3 Å². The molecule has 3 aromatic rings. The monoisotopic (exact) mass is 308 g/mol. The van der Waals surface area contributed by atoms with Crippen LogP contribution in [0.2, 0.25) is 0 Å². The van der Waals surface area contributed by atoms with Crippen LogP contribution >= 0.6 is 0 Å².